The standard InChI is InChI=1S/C16H18N4O2/c17-13(21)10-20-15(22)16(14(18)19)8-6-12(7-9-16)11-4-2-1-3-5-11/h1-9,12H,10H2,(H2,17,21)(H3,18,19)(H,20,22). The van der Waals surface area contributed by atoms with E-state index in [4.69, 9.17) is 16.9 Å². The van der Waals surface area contributed by atoms with Gasteiger partial charge in [0, 0.05) is 5.92 Å². The van der Waals surface area contributed by atoms with Gasteiger partial charge in [-0.3, -0.25) is 15.0 Å². The third-order valence-corrected chi connectivity index (χ3v) is 3.56. The summed E-state index contributed by atoms with van der Waals surface area (Å²) in [6, 6.07) is 9.75. The molecule has 0 saturated carbocycles. The Hall–Kier alpha value is -2.89. The van der Waals surface area contributed by atoms with Gasteiger partial charge in [-0.25, -0.2) is 0 Å². The van der Waals surface area contributed by atoms with Crippen molar-refractivity contribution in [2.24, 2.45) is 16.9 Å². The van der Waals surface area contributed by atoms with Crippen molar-refractivity contribution in [3.8, 4) is 0 Å². The summed E-state index contributed by atoms with van der Waals surface area (Å²) in [4.78, 5) is 23.1. The summed E-state index contributed by atoms with van der Waals surface area (Å²) in [6.07, 6.45) is 6.81. The number of carbonyl (C=O) groups is 2. The highest BCUT2D eigenvalue weighted by molar-refractivity contribution is 6.10. The zero-order valence-electron chi connectivity index (χ0n) is 12.0. The Kier molecular flexibility index (Phi) is 4.41. The number of amides is 2. The Bertz CT molecular complexity index is 635. The number of rotatable bonds is 5. The third kappa shape index (κ3) is 3.06. The largest absolute Gasteiger partial charge is 0.386 e. The van der Waals surface area contributed by atoms with Crippen LogP contribution in [-0.2, 0) is 9.59 Å². The lowest BCUT2D eigenvalue weighted by molar-refractivity contribution is -0.127. The second-order valence-electron chi connectivity index (χ2n) is 5.09. The molecule has 6 N–H and O–H groups in total. The zero-order valence-corrected chi connectivity index (χ0v) is 12.0. The summed E-state index contributed by atoms with van der Waals surface area (Å²) >= 11 is 0. The quantitative estimate of drug-likeness (QED) is 0.358. The van der Waals surface area contributed by atoms with Crippen molar-refractivity contribution in [1.29, 1.82) is 5.41 Å². The molecule has 1 aliphatic rings. The molecule has 0 heterocycles. The molecule has 0 fully saturated rings. The number of amidine groups is 1. The van der Waals surface area contributed by atoms with Crippen LogP contribution in [0.5, 0.6) is 0 Å². The highest BCUT2D eigenvalue weighted by Gasteiger charge is 2.38. The fourth-order valence-electron chi connectivity index (χ4n) is 2.29. The van der Waals surface area contributed by atoms with Gasteiger partial charge in [0.2, 0.25) is 11.8 Å². The second kappa shape index (κ2) is 6.26. The molecule has 1 aliphatic carbocycles. The highest BCUT2D eigenvalue weighted by atomic mass is 16.2. The van der Waals surface area contributed by atoms with Crippen molar-refractivity contribution in [1.82, 2.24) is 5.32 Å². The minimum atomic E-state index is -1.37. The van der Waals surface area contributed by atoms with Crippen LogP contribution in [0.1, 0.15) is 11.5 Å². The number of allylic oxidation sites excluding steroid dienone is 2. The average Bonchev–Trinajstić information content (AvgIpc) is 2.53. The molecule has 0 radical (unpaired) electrons. The first kappa shape index (κ1) is 15.5. The van der Waals surface area contributed by atoms with Crippen LogP contribution in [0.3, 0.4) is 0 Å². The van der Waals surface area contributed by atoms with Crippen molar-refractivity contribution in [3.63, 3.8) is 0 Å². The molecule has 0 atom stereocenters. The Morgan fingerprint density at radius 2 is 1.73 bits per heavy atom. The maximum absolute atomic E-state index is 12.3. The van der Waals surface area contributed by atoms with E-state index in [0.29, 0.717) is 0 Å². The predicted molar refractivity (Wildman–Crippen MR) is 84.0 cm³/mol. The first-order valence-electron chi connectivity index (χ1n) is 6.80. The van der Waals surface area contributed by atoms with E-state index < -0.39 is 17.2 Å². The molecule has 6 nitrogen and oxygen atoms in total. The van der Waals surface area contributed by atoms with Gasteiger partial charge in [-0.05, 0) is 5.56 Å². The summed E-state index contributed by atoms with van der Waals surface area (Å²) < 4.78 is 0. The van der Waals surface area contributed by atoms with E-state index >= 15 is 0 Å². The molecule has 0 bridgehead atoms. The van der Waals surface area contributed by atoms with Gasteiger partial charge < -0.3 is 16.8 Å². The Morgan fingerprint density at radius 1 is 1.14 bits per heavy atom. The average molecular weight is 298 g/mol. The molecule has 1 aromatic carbocycles. The summed E-state index contributed by atoms with van der Waals surface area (Å²) in [7, 11) is 0. The molecule has 22 heavy (non-hydrogen) atoms. The number of carbonyl (C=O) groups excluding carboxylic acids is 2. The van der Waals surface area contributed by atoms with Crippen LogP contribution in [-0.4, -0.2) is 24.2 Å². The smallest absolute Gasteiger partial charge is 0.242 e. The number of primary amides is 1. The fraction of sp³-hybridized carbons (Fsp3) is 0.188. The molecule has 6 heteroatoms. The molecule has 0 unspecified atom stereocenters. The van der Waals surface area contributed by atoms with Gasteiger partial charge in [-0.2, -0.15) is 0 Å². The first-order valence-corrected chi connectivity index (χ1v) is 6.80. The van der Waals surface area contributed by atoms with E-state index in [1.54, 1.807) is 12.2 Å². The van der Waals surface area contributed by atoms with E-state index in [-0.39, 0.29) is 18.3 Å². The monoisotopic (exact) mass is 298 g/mol. The Balaban J connectivity index is 2.22. The Morgan fingerprint density at radius 3 is 2.23 bits per heavy atom. The fourth-order valence-corrected chi connectivity index (χ4v) is 2.29. The normalized spacial score (nSPS) is 23.0. The van der Waals surface area contributed by atoms with Gasteiger partial charge >= 0.3 is 0 Å². The van der Waals surface area contributed by atoms with E-state index in [1.165, 1.54) is 0 Å². The van der Waals surface area contributed by atoms with E-state index in [2.05, 4.69) is 5.32 Å². The maximum Gasteiger partial charge on any atom is 0.242 e. The van der Waals surface area contributed by atoms with E-state index in [1.807, 2.05) is 42.5 Å². The minimum Gasteiger partial charge on any atom is -0.386 e. The van der Waals surface area contributed by atoms with Crippen LogP contribution >= 0.6 is 0 Å². The van der Waals surface area contributed by atoms with Gasteiger partial charge in [-0.1, -0.05) is 54.6 Å². The minimum absolute atomic E-state index is 0.0117. The van der Waals surface area contributed by atoms with Crippen LogP contribution in [0.15, 0.2) is 54.6 Å². The first-order chi connectivity index (χ1) is 10.5. The Labute approximate surface area is 128 Å². The highest BCUT2D eigenvalue weighted by Crippen LogP contribution is 2.32. The van der Waals surface area contributed by atoms with E-state index in [9.17, 15) is 9.59 Å². The molecule has 0 aliphatic heterocycles. The number of benzene rings is 1. The summed E-state index contributed by atoms with van der Waals surface area (Å²) in [5.41, 5.74) is 10.3. The van der Waals surface area contributed by atoms with Gasteiger partial charge in [0.1, 0.15) is 11.3 Å². The maximum atomic E-state index is 12.3. The molecule has 114 valence electrons. The lowest BCUT2D eigenvalue weighted by Crippen LogP contribution is -2.49. The molecule has 0 aromatic heterocycles. The van der Waals surface area contributed by atoms with Crippen LogP contribution in [0.25, 0.3) is 0 Å². The van der Waals surface area contributed by atoms with Crippen molar-refractivity contribution in [2.45, 2.75) is 5.92 Å². The van der Waals surface area contributed by atoms with Crippen LogP contribution < -0.4 is 16.8 Å². The van der Waals surface area contributed by atoms with Gasteiger partial charge in [0.15, 0.2) is 0 Å². The molecule has 2 amide bonds. The molecule has 1 aromatic rings. The van der Waals surface area contributed by atoms with Gasteiger partial charge in [-0.15, -0.1) is 0 Å². The number of hydrogen-bond donors (Lipinski definition) is 4. The SMILES string of the molecule is N=C(N)C1(C(=O)NCC(N)=O)C=CC(c2ccccc2)C=C1. The number of hydrogen-bond acceptors (Lipinski definition) is 3. The zero-order chi connectivity index (χ0) is 16.2. The molecular formula is C16H18N4O2. The van der Waals surface area contributed by atoms with Crippen molar-refractivity contribution in [2.75, 3.05) is 6.54 Å². The molecule has 0 saturated heterocycles. The van der Waals surface area contributed by atoms with Gasteiger partial charge in [0.25, 0.3) is 0 Å². The van der Waals surface area contributed by atoms with Crippen LogP contribution in [0, 0.1) is 10.8 Å². The molecular weight excluding hydrogens is 280 g/mol. The van der Waals surface area contributed by atoms with Crippen LogP contribution in [0.2, 0.25) is 0 Å². The second-order valence-corrected chi connectivity index (χ2v) is 5.09. The van der Waals surface area contributed by atoms with E-state index in [0.717, 1.165) is 5.56 Å². The number of nitrogens with two attached hydrogens (primary N) is 2. The molecule has 0 spiro atoms. The topological polar surface area (TPSA) is 122 Å². The predicted octanol–water partition coefficient (Wildman–Crippen LogP) is 0.420. The van der Waals surface area contributed by atoms with Crippen molar-refractivity contribution >= 4 is 17.6 Å². The van der Waals surface area contributed by atoms with Gasteiger partial charge in [0.05, 0.1) is 6.54 Å². The summed E-state index contributed by atoms with van der Waals surface area (Å²) in [6.45, 7) is -0.294. The summed E-state index contributed by atoms with van der Waals surface area (Å²) in [5.74, 6) is -1.50. The lowest BCUT2D eigenvalue weighted by Gasteiger charge is -2.28. The third-order valence-electron chi connectivity index (χ3n) is 3.56. The van der Waals surface area contributed by atoms with Crippen molar-refractivity contribution in [3.05, 3.63) is 60.2 Å². The summed E-state index contributed by atoms with van der Waals surface area (Å²) in [5, 5.41) is 10.1. The van der Waals surface area contributed by atoms with Crippen molar-refractivity contribution < 1.29 is 9.59 Å². The lowest BCUT2D eigenvalue weighted by atomic mass is 9.78. The molecule has 2 rings (SSSR count). The van der Waals surface area contributed by atoms with Crippen LogP contribution in [0.4, 0.5) is 0 Å². The number of nitrogens with one attached hydrogen (secondary N) is 2.